The number of aromatic nitrogens is 2. The van der Waals surface area contributed by atoms with E-state index in [-0.39, 0.29) is 33.5 Å². The fourth-order valence-corrected chi connectivity index (χ4v) is 2.53. The van der Waals surface area contributed by atoms with Gasteiger partial charge in [-0.3, -0.25) is 30.1 Å². The Bertz CT molecular complexity index is 787. The summed E-state index contributed by atoms with van der Waals surface area (Å²) in [5.41, 5.74) is -0.992. The summed E-state index contributed by atoms with van der Waals surface area (Å²) in [6.45, 7) is 1.81. The van der Waals surface area contributed by atoms with E-state index in [1.54, 1.807) is 0 Å². The van der Waals surface area contributed by atoms with Crippen molar-refractivity contribution in [2.75, 3.05) is 5.32 Å². The molecule has 22 heavy (non-hydrogen) atoms. The SMILES string of the molecule is CCCC(=O)Nc1n[nH]c2c([N+](=O)[O-])c(Br)c([N+](=O)[O-])cc12. The maximum atomic E-state index is 11.6. The second-order valence-corrected chi connectivity index (χ2v) is 5.16. The summed E-state index contributed by atoms with van der Waals surface area (Å²) in [7, 11) is 0. The molecule has 0 unspecified atom stereocenters. The van der Waals surface area contributed by atoms with Gasteiger partial charge in [-0.1, -0.05) is 6.92 Å². The molecule has 0 saturated heterocycles. The lowest BCUT2D eigenvalue weighted by Gasteiger charge is -2.02. The molecule has 2 aromatic rings. The molecule has 2 N–H and O–H groups in total. The molecule has 2 rings (SSSR count). The van der Waals surface area contributed by atoms with E-state index in [4.69, 9.17) is 0 Å². The number of nitro groups is 2. The van der Waals surface area contributed by atoms with Crippen molar-refractivity contribution in [3.63, 3.8) is 0 Å². The lowest BCUT2D eigenvalue weighted by atomic mass is 10.2. The highest BCUT2D eigenvalue weighted by atomic mass is 79.9. The Morgan fingerprint density at radius 1 is 1.41 bits per heavy atom. The standard InChI is InChI=1S/C11H10BrN5O5/c1-2-3-7(18)13-11-5-4-6(16(19)20)8(12)10(17(21)22)9(5)14-15-11/h4H,2-3H2,1H3,(H2,13,14,15,18). The molecule has 10 nitrogen and oxygen atoms in total. The summed E-state index contributed by atoms with van der Waals surface area (Å²) in [5.74, 6) is -0.309. The lowest BCUT2D eigenvalue weighted by molar-refractivity contribution is -0.394. The van der Waals surface area contributed by atoms with E-state index in [0.717, 1.165) is 6.07 Å². The van der Waals surface area contributed by atoms with Crippen LogP contribution in [0, 0.1) is 20.2 Å². The van der Waals surface area contributed by atoms with Gasteiger partial charge in [0.05, 0.1) is 15.2 Å². The van der Waals surface area contributed by atoms with Gasteiger partial charge in [-0.15, -0.1) is 0 Å². The normalized spacial score (nSPS) is 10.6. The van der Waals surface area contributed by atoms with Gasteiger partial charge in [0.2, 0.25) is 5.91 Å². The van der Waals surface area contributed by atoms with Crippen LogP contribution in [0.4, 0.5) is 17.2 Å². The van der Waals surface area contributed by atoms with Gasteiger partial charge >= 0.3 is 5.69 Å². The average Bonchev–Trinajstić information content (AvgIpc) is 2.80. The Hall–Kier alpha value is -2.56. The van der Waals surface area contributed by atoms with Crippen LogP contribution in [0.15, 0.2) is 10.5 Å². The van der Waals surface area contributed by atoms with E-state index < -0.39 is 21.2 Å². The molecule has 1 amide bonds. The number of H-pyrrole nitrogens is 1. The van der Waals surface area contributed by atoms with Crippen molar-refractivity contribution in [2.24, 2.45) is 0 Å². The molecule has 0 fully saturated rings. The van der Waals surface area contributed by atoms with E-state index in [2.05, 4.69) is 31.4 Å². The molecule has 0 atom stereocenters. The summed E-state index contributed by atoms with van der Waals surface area (Å²) >= 11 is 2.87. The number of fused-ring (bicyclic) bond motifs is 1. The van der Waals surface area contributed by atoms with Gasteiger partial charge in [0.1, 0.15) is 5.52 Å². The van der Waals surface area contributed by atoms with Crippen molar-refractivity contribution in [1.82, 2.24) is 10.2 Å². The molecule has 0 aliphatic heterocycles. The van der Waals surface area contributed by atoms with Gasteiger partial charge < -0.3 is 5.32 Å². The molecular weight excluding hydrogens is 362 g/mol. The van der Waals surface area contributed by atoms with Crippen LogP contribution < -0.4 is 5.32 Å². The summed E-state index contributed by atoms with van der Waals surface area (Å²) in [4.78, 5) is 32.3. The van der Waals surface area contributed by atoms with Gasteiger partial charge in [0.25, 0.3) is 5.69 Å². The molecule has 0 bridgehead atoms. The Balaban J connectivity index is 2.66. The van der Waals surface area contributed by atoms with Crippen molar-refractivity contribution >= 4 is 49.9 Å². The van der Waals surface area contributed by atoms with Crippen molar-refractivity contribution < 1.29 is 14.6 Å². The van der Waals surface area contributed by atoms with Crippen LogP contribution in [0.3, 0.4) is 0 Å². The minimum absolute atomic E-state index is 0.00530. The second kappa shape index (κ2) is 6.05. The van der Waals surface area contributed by atoms with E-state index in [9.17, 15) is 25.0 Å². The molecule has 0 aliphatic rings. The highest BCUT2D eigenvalue weighted by Gasteiger charge is 2.30. The van der Waals surface area contributed by atoms with Crippen molar-refractivity contribution in [3.8, 4) is 0 Å². The number of hydrogen-bond acceptors (Lipinski definition) is 6. The molecule has 116 valence electrons. The number of halogens is 1. The number of nitrogens with one attached hydrogen (secondary N) is 2. The molecule has 1 aromatic carbocycles. The first kappa shape index (κ1) is 15.8. The summed E-state index contributed by atoms with van der Waals surface area (Å²) < 4.78 is -0.259. The van der Waals surface area contributed by atoms with Crippen LogP contribution in [-0.4, -0.2) is 26.0 Å². The first-order valence-electron chi connectivity index (χ1n) is 6.16. The third-order valence-corrected chi connectivity index (χ3v) is 3.65. The third-order valence-electron chi connectivity index (χ3n) is 2.87. The van der Waals surface area contributed by atoms with Gasteiger partial charge in [0.15, 0.2) is 10.3 Å². The number of nitro benzene ring substituents is 2. The number of hydrogen-bond donors (Lipinski definition) is 2. The molecule has 0 radical (unpaired) electrons. The van der Waals surface area contributed by atoms with Crippen molar-refractivity contribution in [3.05, 3.63) is 30.8 Å². The molecule has 1 heterocycles. The second-order valence-electron chi connectivity index (χ2n) is 4.37. The van der Waals surface area contributed by atoms with Crippen LogP contribution in [0.25, 0.3) is 10.9 Å². The van der Waals surface area contributed by atoms with Crippen molar-refractivity contribution in [1.29, 1.82) is 0 Å². The Labute approximate surface area is 131 Å². The quantitative estimate of drug-likeness (QED) is 0.610. The number of aromatic amines is 1. The molecular formula is C11H10BrN5O5. The molecule has 11 heteroatoms. The Kier molecular flexibility index (Phi) is 4.35. The van der Waals surface area contributed by atoms with Crippen LogP contribution in [0.2, 0.25) is 0 Å². The highest BCUT2D eigenvalue weighted by Crippen LogP contribution is 2.41. The van der Waals surface area contributed by atoms with Crippen LogP contribution >= 0.6 is 15.9 Å². The molecule has 0 saturated carbocycles. The zero-order valence-electron chi connectivity index (χ0n) is 11.3. The number of amides is 1. The Morgan fingerprint density at radius 3 is 2.64 bits per heavy atom. The van der Waals surface area contributed by atoms with Gasteiger partial charge in [-0.2, -0.15) is 5.10 Å². The van der Waals surface area contributed by atoms with Crippen molar-refractivity contribution in [2.45, 2.75) is 19.8 Å². The van der Waals surface area contributed by atoms with E-state index in [1.807, 2.05) is 6.92 Å². The van der Waals surface area contributed by atoms with Gasteiger partial charge in [0, 0.05) is 12.5 Å². The number of benzene rings is 1. The smallest absolute Gasteiger partial charge is 0.309 e. The first-order chi connectivity index (χ1) is 10.4. The predicted molar refractivity (Wildman–Crippen MR) is 80.6 cm³/mol. The topological polar surface area (TPSA) is 144 Å². The minimum atomic E-state index is -0.755. The molecule has 0 spiro atoms. The van der Waals surface area contributed by atoms with Gasteiger partial charge in [-0.25, -0.2) is 0 Å². The number of rotatable bonds is 5. The predicted octanol–water partition coefficient (Wildman–Crippen LogP) is 2.88. The third kappa shape index (κ3) is 2.74. The van der Waals surface area contributed by atoms with E-state index in [0.29, 0.717) is 6.42 Å². The monoisotopic (exact) mass is 371 g/mol. The summed E-state index contributed by atoms with van der Waals surface area (Å²) in [6, 6.07) is 1.12. The first-order valence-corrected chi connectivity index (χ1v) is 6.95. The maximum absolute atomic E-state index is 11.6. The number of anilines is 1. The molecule has 1 aromatic heterocycles. The summed E-state index contributed by atoms with van der Waals surface area (Å²) in [5, 5.41) is 31.0. The number of carbonyl (C=O) groups is 1. The zero-order chi connectivity index (χ0) is 16.4. The summed E-state index contributed by atoms with van der Waals surface area (Å²) in [6.07, 6.45) is 0.856. The van der Waals surface area contributed by atoms with Crippen LogP contribution in [-0.2, 0) is 4.79 Å². The largest absolute Gasteiger partial charge is 0.316 e. The van der Waals surface area contributed by atoms with Gasteiger partial charge in [-0.05, 0) is 22.4 Å². The van der Waals surface area contributed by atoms with E-state index in [1.165, 1.54) is 0 Å². The lowest BCUT2D eigenvalue weighted by Crippen LogP contribution is -2.11. The average molecular weight is 372 g/mol. The number of nitrogens with zero attached hydrogens (tertiary/aromatic N) is 3. The van der Waals surface area contributed by atoms with Crippen LogP contribution in [0.1, 0.15) is 19.8 Å². The minimum Gasteiger partial charge on any atom is -0.309 e. The highest BCUT2D eigenvalue weighted by molar-refractivity contribution is 9.10. The fraction of sp³-hybridized carbons (Fsp3) is 0.273. The fourth-order valence-electron chi connectivity index (χ4n) is 1.92. The maximum Gasteiger partial charge on any atom is 0.316 e. The van der Waals surface area contributed by atoms with Crippen LogP contribution in [0.5, 0.6) is 0 Å². The Morgan fingerprint density at radius 2 is 2.09 bits per heavy atom. The molecule has 0 aliphatic carbocycles. The number of carbonyl (C=O) groups excluding carboxylic acids is 1. The zero-order valence-corrected chi connectivity index (χ0v) is 12.8. The van der Waals surface area contributed by atoms with E-state index >= 15 is 0 Å².